The molecule has 6 heteroatoms. The van der Waals surface area contributed by atoms with Crippen molar-refractivity contribution in [2.24, 2.45) is 0 Å². The van der Waals surface area contributed by atoms with E-state index in [9.17, 15) is 4.79 Å². The van der Waals surface area contributed by atoms with Crippen LogP contribution in [0.15, 0.2) is 36.4 Å². The van der Waals surface area contributed by atoms with E-state index in [1.54, 1.807) is 24.3 Å². The summed E-state index contributed by atoms with van der Waals surface area (Å²) in [6.07, 6.45) is 0. The molecule has 0 radical (unpaired) electrons. The Kier molecular flexibility index (Phi) is 4.55. The second-order valence-electron chi connectivity index (χ2n) is 4.12. The molecule has 21 heavy (non-hydrogen) atoms. The van der Waals surface area contributed by atoms with Gasteiger partial charge in [0.15, 0.2) is 17.2 Å². The lowest BCUT2D eigenvalue weighted by molar-refractivity contribution is 0.0598. The van der Waals surface area contributed by atoms with Crippen molar-refractivity contribution in [1.29, 1.82) is 0 Å². The molecule has 0 aromatic heterocycles. The molecule has 0 aliphatic rings. The first-order chi connectivity index (χ1) is 10.1. The van der Waals surface area contributed by atoms with E-state index in [4.69, 9.17) is 31.5 Å². The van der Waals surface area contributed by atoms with Gasteiger partial charge in [0.25, 0.3) is 0 Å². The van der Waals surface area contributed by atoms with Crippen LogP contribution in [0.25, 0.3) is 0 Å². The summed E-state index contributed by atoms with van der Waals surface area (Å²) in [4.78, 5) is 11.8. The molecule has 0 saturated heterocycles. The Morgan fingerprint density at radius 3 is 2.43 bits per heavy atom. The van der Waals surface area contributed by atoms with E-state index in [1.165, 1.54) is 26.4 Å². The zero-order valence-corrected chi connectivity index (χ0v) is 12.3. The Morgan fingerprint density at radius 1 is 1.14 bits per heavy atom. The lowest BCUT2D eigenvalue weighted by Crippen LogP contribution is -2.05. The minimum absolute atomic E-state index is 0.147. The molecule has 2 aromatic carbocycles. The van der Waals surface area contributed by atoms with Crippen LogP contribution in [0.4, 0.5) is 5.69 Å². The third kappa shape index (κ3) is 3.20. The summed E-state index contributed by atoms with van der Waals surface area (Å²) < 4.78 is 15.6. The SMILES string of the molecule is COC(=O)c1cc(N)cc(Cl)c1Oc1ccccc1OC. The van der Waals surface area contributed by atoms with Crippen LogP contribution in [-0.2, 0) is 4.74 Å². The van der Waals surface area contributed by atoms with Gasteiger partial charge in [-0.05, 0) is 24.3 Å². The first-order valence-electron chi connectivity index (χ1n) is 6.05. The molecule has 0 amide bonds. The average molecular weight is 308 g/mol. The Hall–Kier alpha value is -2.40. The third-order valence-electron chi connectivity index (χ3n) is 2.75. The molecule has 2 aromatic rings. The quantitative estimate of drug-likeness (QED) is 0.691. The van der Waals surface area contributed by atoms with E-state index < -0.39 is 5.97 Å². The predicted molar refractivity (Wildman–Crippen MR) is 80.3 cm³/mol. The maximum atomic E-state index is 11.8. The van der Waals surface area contributed by atoms with Gasteiger partial charge in [-0.3, -0.25) is 0 Å². The Morgan fingerprint density at radius 2 is 1.81 bits per heavy atom. The number of benzene rings is 2. The van der Waals surface area contributed by atoms with E-state index in [2.05, 4.69) is 0 Å². The van der Waals surface area contributed by atoms with Gasteiger partial charge < -0.3 is 19.9 Å². The van der Waals surface area contributed by atoms with Crippen molar-refractivity contribution in [3.8, 4) is 17.2 Å². The van der Waals surface area contributed by atoms with Gasteiger partial charge in [0.2, 0.25) is 0 Å². The number of carbonyl (C=O) groups is 1. The fraction of sp³-hybridized carbons (Fsp3) is 0.133. The summed E-state index contributed by atoms with van der Waals surface area (Å²) in [5.74, 6) is 0.523. The van der Waals surface area contributed by atoms with E-state index >= 15 is 0 Å². The van der Waals surface area contributed by atoms with Crippen molar-refractivity contribution < 1.29 is 19.0 Å². The number of methoxy groups -OCH3 is 2. The third-order valence-corrected chi connectivity index (χ3v) is 3.03. The maximum Gasteiger partial charge on any atom is 0.341 e. The molecule has 0 spiro atoms. The standard InChI is InChI=1S/C15H14ClNO4/c1-19-12-5-3-4-6-13(12)21-14-10(15(18)20-2)7-9(17)8-11(14)16/h3-8H,17H2,1-2H3. The zero-order chi connectivity index (χ0) is 15.4. The van der Waals surface area contributed by atoms with Gasteiger partial charge in [0, 0.05) is 5.69 Å². The number of nitrogens with two attached hydrogens (primary N) is 1. The van der Waals surface area contributed by atoms with Gasteiger partial charge in [-0.15, -0.1) is 0 Å². The summed E-state index contributed by atoms with van der Waals surface area (Å²) in [5, 5.41) is 0.210. The van der Waals surface area contributed by atoms with Crippen LogP contribution in [0.5, 0.6) is 17.2 Å². The van der Waals surface area contributed by atoms with Crippen molar-refractivity contribution in [3.63, 3.8) is 0 Å². The normalized spacial score (nSPS) is 10.0. The molecule has 110 valence electrons. The smallest absolute Gasteiger partial charge is 0.341 e. The van der Waals surface area contributed by atoms with Crippen LogP contribution < -0.4 is 15.2 Å². The molecule has 0 bridgehead atoms. The number of rotatable bonds is 4. The van der Waals surface area contributed by atoms with Crippen molar-refractivity contribution in [1.82, 2.24) is 0 Å². The van der Waals surface area contributed by atoms with Crippen LogP contribution in [0.2, 0.25) is 5.02 Å². The lowest BCUT2D eigenvalue weighted by Gasteiger charge is -2.14. The Bertz CT molecular complexity index is 673. The van der Waals surface area contributed by atoms with E-state index in [0.29, 0.717) is 17.2 Å². The van der Waals surface area contributed by atoms with Crippen LogP contribution in [-0.4, -0.2) is 20.2 Å². The second-order valence-corrected chi connectivity index (χ2v) is 4.53. The number of esters is 1. The summed E-state index contributed by atoms with van der Waals surface area (Å²) >= 11 is 6.13. The molecule has 0 aliphatic carbocycles. The molecular formula is C15H14ClNO4. The molecule has 0 fully saturated rings. The van der Waals surface area contributed by atoms with Gasteiger partial charge >= 0.3 is 5.97 Å². The summed E-state index contributed by atoms with van der Waals surface area (Å²) in [6, 6.07) is 9.96. The molecular weight excluding hydrogens is 294 g/mol. The van der Waals surface area contributed by atoms with E-state index in [-0.39, 0.29) is 16.3 Å². The summed E-state index contributed by atoms with van der Waals surface area (Å²) in [6.45, 7) is 0. The van der Waals surface area contributed by atoms with Gasteiger partial charge in [0.05, 0.1) is 19.2 Å². The highest BCUT2D eigenvalue weighted by Gasteiger charge is 2.19. The van der Waals surface area contributed by atoms with Crippen molar-refractivity contribution in [2.75, 3.05) is 20.0 Å². The minimum Gasteiger partial charge on any atom is -0.493 e. The summed E-state index contributed by atoms with van der Waals surface area (Å²) in [7, 11) is 2.79. The lowest BCUT2D eigenvalue weighted by atomic mass is 10.1. The van der Waals surface area contributed by atoms with Gasteiger partial charge in [-0.2, -0.15) is 0 Å². The number of para-hydroxylation sites is 2. The first-order valence-corrected chi connectivity index (χ1v) is 6.42. The Balaban J connectivity index is 2.50. The number of halogens is 1. The highest BCUT2D eigenvalue weighted by molar-refractivity contribution is 6.33. The van der Waals surface area contributed by atoms with Crippen molar-refractivity contribution in [3.05, 3.63) is 47.0 Å². The van der Waals surface area contributed by atoms with Crippen LogP contribution in [0.3, 0.4) is 0 Å². The van der Waals surface area contributed by atoms with Crippen molar-refractivity contribution in [2.45, 2.75) is 0 Å². The number of ether oxygens (including phenoxy) is 3. The summed E-state index contributed by atoms with van der Waals surface area (Å²) in [5.41, 5.74) is 6.19. The second kappa shape index (κ2) is 6.37. The molecule has 0 aliphatic heterocycles. The van der Waals surface area contributed by atoms with Crippen LogP contribution in [0, 0.1) is 0 Å². The molecule has 2 rings (SSSR count). The number of hydrogen-bond donors (Lipinski definition) is 1. The fourth-order valence-electron chi connectivity index (χ4n) is 1.79. The molecule has 0 unspecified atom stereocenters. The fourth-order valence-corrected chi connectivity index (χ4v) is 2.06. The molecule has 0 saturated carbocycles. The number of hydrogen-bond acceptors (Lipinski definition) is 5. The first kappa shape index (κ1) is 15.0. The number of anilines is 1. The van der Waals surface area contributed by atoms with Gasteiger partial charge in [0.1, 0.15) is 5.56 Å². The molecule has 0 heterocycles. The van der Waals surface area contributed by atoms with Gasteiger partial charge in [-0.25, -0.2) is 4.79 Å². The minimum atomic E-state index is -0.589. The average Bonchev–Trinajstić information content (AvgIpc) is 2.49. The number of carbonyl (C=O) groups excluding carboxylic acids is 1. The highest BCUT2D eigenvalue weighted by Crippen LogP contribution is 2.38. The van der Waals surface area contributed by atoms with Crippen molar-refractivity contribution >= 4 is 23.3 Å². The topological polar surface area (TPSA) is 70.8 Å². The molecule has 2 N–H and O–H groups in total. The maximum absolute atomic E-state index is 11.8. The van der Waals surface area contributed by atoms with Gasteiger partial charge in [-0.1, -0.05) is 23.7 Å². The largest absolute Gasteiger partial charge is 0.493 e. The highest BCUT2D eigenvalue weighted by atomic mass is 35.5. The monoisotopic (exact) mass is 307 g/mol. The van der Waals surface area contributed by atoms with E-state index in [0.717, 1.165) is 0 Å². The van der Waals surface area contributed by atoms with Crippen LogP contribution >= 0.6 is 11.6 Å². The Labute approximate surface area is 127 Å². The molecule has 0 atom stereocenters. The molecule has 5 nitrogen and oxygen atoms in total. The van der Waals surface area contributed by atoms with E-state index in [1.807, 2.05) is 0 Å². The number of nitrogen functional groups attached to an aromatic ring is 1. The predicted octanol–water partition coefficient (Wildman–Crippen LogP) is 3.51. The zero-order valence-electron chi connectivity index (χ0n) is 11.6. The van der Waals surface area contributed by atoms with Crippen LogP contribution in [0.1, 0.15) is 10.4 Å².